The first-order valence-electron chi connectivity index (χ1n) is 24.7. The van der Waals surface area contributed by atoms with Crippen LogP contribution in [0.15, 0.2) is 4.99 Å². The van der Waals surface area contributed by atoms with Crippen LogP contribution in [0.5, 0.6) is 0 Å². The van der Waals surface area contributed by atoms with Gasteiger partial charge in [-0.05, 0) is 57.4 Å². The van der Waals surface area contributed by atoms with Gasteiger partial charge in [-0.25, -0.2) is 4.79 Å². The van der Waals surface area contributed by atoms with Crippen molar-refractivity contribution >= 4 is 88.9 Å². The molecule has 33 heteroatoms. The average molecular weight is 1120 g/mol. The number of guanidine groups is 1. The monoisotopic (exact) mass is 1120 g/mol. The summed E-state index contributed by atoms with van der Waals surface area (Å²) in [5.74, 6) is -18.7. The van der Waals surface area contributed by atoms with Crippen LogP contribution in [0.3, 0.4) is 0 Å². The van der Waals surface area contributed by atoms with Crippen molar-refractivity contribution in [1.29, 1.82) is 0 Å². The first-order chi connectivity index (χ1) is 36.3. The van der Waals surface area contributed by atoms with Crippen LogP contribution < -0.4 is 76.5 Å². The van der Waals surface area contributed by atoms with E-state index in [1.807, 2.05) is 5.32 Å². The van der Waals surface area contributed by atoms with Gasteiger partial charge in [0.25, 0.3) is 0 Å². The summed E-state index contributed by atoms with van der Waals surface area (Å²) in [6.45, 7) is 6.73. The Labute approximate surface area is 448 Å². The molecule has 0 aliphatic rings. The van der Waals surface area contributed by atoms with Gasteiger partial charge in [0.2, 0.25) is 59.1 Å². The van der Waals surface area contributed by atoms with Gasteiger partial charge in [0.1, 0.15) is 48.3 Å². The van der Waals surface area contributed by atoms with Crippen LogP contribution in [0.25, 0.3) is 0 Å². The van der Waals surface area contributed by atoms with Crippen molar-refractivity contribution in [2.75, 3.05) is 19.6 Å². The van der Waals surface area contributed by atoms with Crippen LogP contribution in [0.2, 0.25) is 0 Å². The minimum atomic E-state index is -1.98. The molecule has 10 atom stereocenters. The fourth-order valence-electron chi connectivity index (χ4n) is 6.87. The summed E-state index contributed by atoms with van der Waals surface area (Å²) in [4.78, 5) is 182. The number of carboxylic acid groups (broad SMARTS) is 4. The molecule has 0 aromatic rings. The van der Waals surface area contributed by atoms with Crippen LogP contribution in [-0.4, -0.2) is 183 Å². The van der Waals surface area contributed by atoms with Gasteiger partial charge in [0.15, 0.2) is 5.96 Å². The minimum absolute atomic E-state index is 0.0406. The molecule has 0 spiro atoms. The standard InChI is InChI=1S/C45H77N15O18/c1-6-21(4)35(59-30(62)19-52-36(69)22(5)53-40(73)26(16-31(63)64)56-37(70)23(47)10-7-8-14-46)43(76)55-25(12-13-29(48)61)39(72)60-34(20(2)3)42(75)57-27(17-32(65)66)41(74)54-24(11-9-15-51-45(49)50)38(71)58-28(44(77)78)18-33(67)68/h20-28,34-35H,6-19,46-47H2,1-5H3,(H2,48,61)(H,52,69)(H,53,73)(H,54,74)(H,55,76)(H,56,70)(H,57,75)(H,58,71)(H,59,62)(H,60,72)(H,63,64)(H,65,66)(H,67,68)(H,77,78)(H4,49,50,51)/t21-,22-,23-,24-,25-,26-,27-,28-,34-,35-/m0/s1. The van der Waals surface area contributed by atoms with Gasteiger partial charge < -0.3 is 96.9 Å². The second-order valence-electron chi connectivity index (χ2n) is 18.4. The predicted molar refractivity (Wildman–Crippen MR) is 272 cm³/mol. The molecule has 0 aliphatic heterocycles. The molecule has 33 nitrogen and oxygen atoms in total. The third kappa shape index (κ3) is 28.1. The molecule has 0 rings (SSSR count). The number of amides is 10. The van der Waals surface area contributed by atoms with E-state index < -0.39 is 188 Å². The molecule has 0 radical (unpaired) electrons. The number of carbonyl (C=O) groups excluding carboxylic acids is 10. The predicted octanol–water partition coefficient (Wildman–Crippen LogP) is -7.01. The lowest BCUT2D eigenvalue weighted by Gasteiger charge is -2.29. The number of carbonyl (C=O) groups is 14. The first-order valence-corrected chi connectivity index (χ1v) is 24.7. The van der Waals surface area contributed by atoms with Crippen LogP contribution in [0.4, 0.5) is 0 Å². The Hall–Kier alpha value is -8.23. The third-order valence-corrected chi connectivity index (χ3v) is 11.4. The van der Waals surface area contributed by atoms with Crippen molar-refractivity contribution in [3.63, 3.8) is 0 Å². The number of rotatable bonds is 39. The fraction of sp³-hybridized carbons (Fsp3) is 0.667. The zero-order valence-corrected chi connectivity index (χ0v) is 44.1. The molecule has 0 heterocycles. The highest BCUT2D eigenvalue weighted by atomic mass is 16.4. The van der Waals surface area contributed by atoms with Gasteiger partial charge in [-0.15, -0.1) is 0 Å². The Morgan fingerprint density at radius 2 is 0.962 bits per heavy atom. The van der Waals surface area contributed by atoms with Gasteiger partial charge in [-0.2, -0.15) is 0 Å². The van der Waals surface area contributed by atoms with Crippen molar-refractivity contribution in [1.82, 2.24) is 47.9 Å². The normalized spacial score (nSPS) is 14.7. The zero-order chi connectivity index (χ0) is 60.0. The van der Waals surface area contributed by atoms with Crippen LogP contribution >= 0.6 is 0 Å². The Kier molecular flexibility index (Phi) is 32.1. The highest BCUT2D eigenvalue weighted by Crippen LogP contribution is 2.12. The molecular weight excluding hydrogens is 1040 g/mol. The highest BCUT2D eigenvalue weighted by molar-refractivity contribution is 5.99. The van der Waals surface area contributed by atoms with Gasteiger partial charge in [0, 0.05) is 13.0 Å². The van der Waals surface area contributed by atoms with E-state index in [1.165, 1.54) is 20.8 Å². The van der Waals surface area contributed by atoms with E-state index in [4.69, 9.17) is 33.8 Å². The number of nitrogens with one attached hydrogen (secondary N) is 9. The van der Waals surface area contributed by atoms with Crippen LogP contribution in [-0.2, 0) is 67.1 Å². The second-order valence-corrected chi connectivity index (χ2v) is 18.4. The highest BCUT2D eigenvalue weighted by Gasteiger charge is 2.37. The summed E-state index contributed by atoms with van der Waals surface area (Å²) >= 11 is 0. The van der Waals surface area contributed by atoms with E-state index in [1.54, 1.807) is 13.8 Å². The summed E-state index contributed by atoms with van der Waals surface area (Å²) in [5, 5.41) is 58.0. The first kappa shape index (κ1) is 69.8. The molecule has 0 aliphatic carbocycles. The number of hydrogen-bond acceptors (Lipinski definition) is 17. The number of aliphatic imine (C=N–C) groups is 1. The fourth-order valence-corrected chi connectivity index (χ4v) is 6.87. The molecule has 10 amide bonds. The number of nitrogens with two attached hydrogens (primary N) is 5. The van der Waals surface area contributed by atoms with Crippen LogP contribution in [0.1, 0.15) is 105 Å². The largest absolute Gasteiger partial charge is 0.481 e. The van der Waals surface area contributed by atoms with Crippen molar-refractivity contribution < 1.29 is 87.5 Å². The summed E-state index contributed by atoms with van der Waals surface area (Å²) in [6, 6.07) is -14.4. The molecule has 0 saturated heterocycles. The third-order valence-electron chi connectivity index (χ3n) is 11.4. The molecule has 0 fully saturated rings. The van der Waals surface area contributed by atoms with Crippen molar-refractivity contribution in [3.8, 4) is 0 Å². The van der Waals surface area contributed by atoms with E-state index in [2.05, 4.69) is 47.5 Å². The topological polar surface area (TPSA) is 571 Å². The van der Waals surface area contributed by atoms with E-state index in [9.17, 15) is 82.4 Å². The van der Waals surface area contributed by atoms with E-state index in [-0.39, 0.29) is 38.2 Å². The molecule has 0 aromatic carbocycles. The Morgan fingerprint density at radius 1 is 0.500 bits per heavy atom. The van der Waals surface area contributed by atoms with Crippen molar-refractivity contribution in [2.24, 2.45) is 45.5 Å². The summed E-state index contributed by atoms with van der Waals surface area (Å²) < 4.78 is 0. The average Bonchev–Trinajstić information content (AvgIpc) is 3.34. The number of aliphatic carboxylic acids is 4. The maximum atomic E-state index is 13.9. The molecular formula is C45H77N15O18. The number of nitrogens with zero attached hydrogens (tertiary/aromatic N) is 1. The molecule has 0 unspecified atom stereocenters. The number of carboxylic acids is 4. The smallest absolute Gasteiger partial charge is 0.326 e. The minimum Gasteiger partial charge on any atom is -0.481 e. The Balaban J connectivity index is 6.34. The second kappa shape index (κ2) is 35.9. The van der Waals surface area contributed by atoms with E-state index in [0.29, 0.717) is 19.4 Å². The van der Waals surface area contributed by atoms with Crippen LogP contribution in [0, 0.1) is 11.8 Å². The molecule has 78 heavy (non-hydrogen) atoms. The lowest BCUT2D eigenvalue weighted by molar-refractivity contribution is -0.147. The molecule has 23 N–H and O–H groups in total. The molecule has 0 aromatic heterocycles. The van der Waals surface area contributed by atoms with Crippen molar-refractivity contribution in [3.05, 3.63) is 0 Å². The maximum absolute atomic E-state index is 13.9. The lowest BCUT2D eigenvalue weighted by Crippen LogP contribution is -2.61. The number of hydrogen-bond donors (Lipinski definition) is 18. The summed E-state index contributed by atoms with van der Waals surface area (Å²) in [5.41, 5.74) is 27.3. The summed E-state index contributed by atoms with van der Waals surface area (Å²) in [6.07, 6.45) is -2.88. The zero-order valence-electron chi connectivity index (χ0n) is 44.1. The van der Waals surface area contributed by atoms with E-state index in [0.717, 1.165) is 0 Å². The van der Waals surface area contributed by atoms with Gasteiger partial charge >= 0.3 is 23.9 Å². The van der Waals surface area contributed by atoms with Crippen molar-refractivity contribution in [2.45, 2.75) is 160 Å². The Morgan fingerprint density at radius 3 is 1.46 bits per heavy atom. The lowest BCUT2D eigenvalue weighted by atomic mass is 9.97. The SMILES string of the molecule is CC[C@H](C)[C@H](NC(=O)CNC(=O)[C@H](C)NC(=O)[C@H](CC(=O)O)NC(=O)[C@@H](N)CCCCN)C(=O)N[C@@H](CCC(N)=O)C(=O)N[C@H](C(=O)N[C@@H](CC(=O)O)C(=O)N[C@@H](CCCN=C(N)N)C(=O)N[C@@H](CC(=O)O)C(=O)O)C(C)C. The molecule has 0 saturated carbocycles. The van der Waals surface area contributed by atoms with Gasteiger partial charge in [0.05, 0.1) is 31.8 Å². The Bertz CT molecular complexity index is 2180. The molecule has 440 valence electrons. The maximum Gasteiger partial charge on any atom is 0.326 e. The van der Waals surface area contributed by atoms with Gasteiger partial charge in [-0.1, -0.05) is 40.5 Å². The quantitative estimate of drug-likeness (QED) is 0.0154. The molecule has 0 bridgehead atoms. The van der Waals surface area contributed by atoms with Gasteiger partial charge in [-0.3, -0.25) is 67.3 Å². The number of primary amides is 1. The van der Waals surface area contributed by atoms with E-state index >= 15 is 0 Å². The summed E-state index contributed by atoms with van der Waals surface area (Å²) in [7, 11) is 0. The number of unbranched alkanes of at least 4 members (excludes halogenated alkanes) is 1.